The second-order valence-corrected chi connectivity index (χ2v) is 5.23. The van der Waals surface area contributed by atoms with Crippen molar-refractivity contribution < 1.29 is 13.2 Å². The Bertz CT molecular complexity index is 435. The van der Waals surface area contributed by atoms with Crippen LogP contribution in [0.4, 0.5) is 18.9 Å². The van der Waals surface area contributed by atoms with E-state index in [1.54, 1.807) is 19.0 Å². The van der Waals surface area contributed by atoms with Crippen molar-refractivity contribution in [3.63, 3.8) is 0 Å². The molecule has 0 saturated carbocycles. The van der Waals surface area contributed by atoms with Gasteiger partial charge in [0.25, 0.3) is 0 Å². The maximum Gasteiger partial charge on any atom is 0.416 e. The summed E-state index contributed by atoms with van der Waals surface area (Å²) in [5.74, 6) is 0.224. The average Bonchev–Trinajstić information content (AvgIpc) is 2.38. The smallest absolute Gasteiger partial charge is 0.378 e. The summed E-state index contributed by atoms with van der Waals surface area (Å²) in [6, 6.07) is 4.40. The molecule has 1 heterocycles. The third kappa shape index (κ3) is 3.41. The molecular weight excluding hydrogens is 253 g/mol. The van der Waals surface area contributed by atoms with Crippen LogP contribution in [0.2, 0.25) is 0 Å². The molecule has 0 radical (unpaired) electrons. The second-order valence-electron chi connectivity index (χ2n) is 5.23. The van der Waals surface area contributed by atoms with Gasteiger partial charge in [-0.3, -0.25) is 0 Å². The van der Waals surface area contributed by atoms with E-state index in [2.05, 4.69) is 5.32 Å². The Morgan fingerprint density at radius 3 is 2.26 bits per heavy atom. The highest BCUT2D eigenvalue weighted by Gasteiger charge is 2.32. The number of hydrogen-bond donors (Lipinski definition) is 1. The molecule has 2 rings (SSSR count). The second kappa shape index (κ2) is 5.41. The van der Waals surface area contributed by atoms with Gasteiger partial charge < -0.3 is 10.2 Å². The van der Waals surface area contributed by atoms with Gasteiger partial charge in [0.05, 0.1) is 5.56 Å². The summed E-state index contributed by atoms with van der Waals surface area (Å²) in [6.07, 6.45) is -2.49. The lowest BCUT2D eigenvalue weighted by Crippen LogP contribution is -2.27. The summed E-state index contributed by atoms with van der Waals surface area (Å²) >= 11 is 0. The summed E-state index contributed by atoms with van der Waals surface area (Å²) in [7, 11) is 3.53. The molecule has 0 amide bonds. The lowest BCUT2D eigenvalue weighted by Gasteiger charge is -2.25. The summed E-state index contributed by atoms with van der Waals surface area (Å²) < 4.78 is 38.8. The fourth-order valence-corrected chi connectivity index (χ4v) is 2.45. The van der Waals surface area contributed by atoms with Gasteiger partial charge in [-0.25, -0.2) is 0 Å². The van der Waals surface area contributed by atoms with Gasteiger partial charge in [0.15, 0.2) is 0 Å². The molecule has 1 saturated heterocycles. The maximum atomic E-state index is 12.9. The molecule has 2 nitrogen and oxygen atoms in total. The summed E-state index contributed by atoms with van der Waals surface area (Å²) in [5, 5.41) is 3.23. The molecule has 5 heteroatoms. The molecule has 0 atom stereocenters. The number of hydrogen-bond acceptors (Lipinski definition) is 2. The monoisotopic (exact) mass is 272 g/mol. The lowest BCUT2D eigenvalue weighted by molar-refractivity contribution is -0.137. The van der Waals surface area contributed by atoms with Gasteiger partial charge >= 0.3 is 6.18 Å². The van der Waals surface area contributed by atoms with E-state index >= 15 is 0 Å². The normalized spacial score (nSPS) is 17.5. The number of alkyl halides is 3. The van der Waals surface area contributed by atoms with E-state index < -0.39 is 11.7 Å². The molecule has 0 bridgehead atoms. The largest absolute Gasteiger partial charge is 0.416 e. The van der Waals surface area contributed by atoms with Crippen LogP contribution in [0, 0.1) is 0 Å². The van der Waals surface area contributed by atoms with Crippen LogP contribution in [0.5, 0.6) is 0 Å². The highest BCUT2D eigenvalue weighted by molar-refractivity contribution is 5.51. The summed E-state index contributed by atoms with van der Waals surface area (Å²) in [5.41, 5.74) is 0.871. The van der Waals surface area contributed by atoms with Crippen molar-refractivity contribution in [3.05, 3.63) is 29.3 Å². The minimum Gasteiger partial charge on any atom is -0.378 e. The number of nitrogens with zero attached hydrogens (tertiary/aromatic N) is 1. The molecule has 0 unspecified atom stereocenters. The molecule has 1 fully saturated rings. The third-order valence-electron chi connectivity index (χ3n) is 3.59. The van der Waals surface area contributed by atoms with Crippen molar-refractivity contribution in [2.24, 2.45) is 0 Å². The highest BCUT2D eigenvalue weighted by Crippen LogP contribution is 2.36. The number of piperidine rings is 1. The number of benzene rings is 1. The Morgan fingerprint density at radius 1 is 1.11 bits per heavy atom. The zero-order valence-electron chi connectivity index (χ0n) is 11.2. The minimum atomic E-state index is -4.28. The van der Waals surface area contributed by atoms with Crippen molar-refractivity contribution in [2.45, 2.75) is 24.9 Å². The molecule has 0 aromatic heterocycles. The Kier molecular flexibility index (Phi) is 4.04. The van der Waals surface area contributed by atoms with Crippen molar-refractivity contribution in [1.82, 2.24) is 5.32 Å². The first-order chi connectivity index (χ1) is 8.88. The minimum absolute atomic E-state index is 0.224. The fraction of sp³-hybridized carbons (Fsp3) is 0.571. The van der Waals surface area contributed by atoms with Crippen LogP contribution < -0.4 is 10.2 Å². The van der Waals surface area contributed by atoms with E-state index in [0.717, 1.165) is 31.5 Å². The SMILES string of the molecule is CN(C)c1cc(C2CCNCC2)cc(C(F)(F)F)c1. The van der Waals surface area contributed by atoms with E-state index in [-0.39, 0.29) is 5.92 Å². The Labute approximate surface area is 111 Å². The predicted octanol–water partition coefficient (Wildman–Crippen LogP) is 3.24. The first-order valence-electron chi connectivity index (χ1n) is 6.48. The van der Waals surface area contributed by atoms with Crippen LogP contribution in [0.15, 0.2) is 18.2 Å². The van der Waals surface area contributed by atoms with Crippen LogP contribution in [-0.2, 0) is 6.18 Å². The molecule has 0 spiro atoms. The van der Waals surface area contributed by atoms with Gasteiger partial charge in [0.1, 0.15) is 0 Å². The van der Waals surface area contributed by atoms with Gasteiger partial charge in [-0.15, -0.1) is 0 Å². The lowest BCUT2D eigenvalue weighted by atomic mass is 9.89. The van der Waals surface area contributed by atoms with Crippen molar-refractivity contribution >= 4 is 5.69 Å². The van der Waals surface area contributed by atoms with Crippen LogP contribution in [0.25, 0.3) is 0 Å². The standard InChI is InChI=1S/C14H19F3N2/c1-19(2)13-8-11(10-3-5-18-6-4-10)7-12(9-13)14(15,16)17/h7-10,18H,3-6H2,1-2H3. The van der Waals surface area contributed by atoms with E-state index in [9.17, 15) is 13.2 Å². The molecule has 1 N–H and O–H groups in total. The predicted molar refractivity (Wildman–Crippen MR) is 70.6 cm³/mol. The average molecular weight is 272 g/mol. The van der Waals surface area contributed by atoms with Gasteiger partial charge in [-0.1, -0.05) is 0 Å². The van der Waals surface area contributed by atoms with Crippen LogP contribution >= 0.6 is 0 Å². The molecule has 0 aliphatic carbocycles. The first-order valence-corrected chi connectivity index (χ1v) is 6.48. The zero-order valence-corrected chi connectivity index (χ0v) is 11.2. The number of rotatable bonds is 2. The van der Waals surface area contributed by atoms with E-state index in [1.165, 1.54) is 12.1 Å². The van der Waals surface area contributed by atoms with Crippen molar-refractivity contribution in [3.8, 4) is 0 Å². The number of anilines is 1. The summed E-state index contributed by atoms with van der Waals surface area (Å²) in [6.45, 7) is 1.75. The van der Waals surface area contributed by atoms with Crippen LogP contribution in [-0.4, -0.2) is 27.2 Å². The maximum absolute atomic E-state index is 12.9. The van der Waals surface area contributed by atoms with Crippen molar-refractivity contribution in [2.75, 3.05) is 32.1 Å². The van der Waals surface area contributed by atoms with Crippen molar-refractivity contribution in [1.29, 1.82) is 0 Å². The Balaban J connectivity index is 2.39. The third-order valence-corrected chi connectivity index (χ3v) is 3.59. The van der Waals surface area contributed by atoms with Crippen LogP contribution in [0.1, 0.15) is 29.9 Å². The Hall–Kier alpha value is -1.23. The molecule has 1 aromatic carbocycles. The topological polar surface area (TPSA) is 15.3 Å². The fourth-order valence-electron chi connectivity index (χ4n) is 2.45. The van der Waals surface area contributed by atoms with Gasteiger partial charge in [-0.2, -0.15) is 13.2 Å². The highest BCUT2D eigenvalue weighted by atomic mass is 19.4. The molecule has 1 aliphatic heterocycles. The van der Waals surface area contributed by atoms with E-state index in [4.69, 9.17) is 0 Å². The molecule has 1 aliphatic rings. The van der Waals surface area contributed by atoms with Gasteiger partial charge in [0.2, 0.25) is 0 Å². The molecule has 1 aromatic rings. The number of nitrogens with one attached hydrogen (secondary N) is 1. The van der Waals surface area contributed by atoms with Gasteiger partial charge in [0, 0.05) is 19.8 Å². The van der Waals surface area contributed by atoms with E-state index in [1.807, 2.05) is 6.07 Å². The Morgan fingerprint density at radius 2 is 1.74 bits per heavy atom. The molecule has 106 valence electrons. The quantitative estimate of drug-likeness (QED) is 0.889. The number of halogens is 3. The molecular formula is C14H19F3N2. The zero-order chi connectivity index (χ0) is 14.0. The summed E-state index contributed by atoms with van der Waals surface area (Å²) in [4.78, 5) is 1.72. The van der Waals surface area contributed by atoms with Crippen LogP contribution in [0.3, 0.4) is 0 Å². The van der Waals surface area contributed by atoms with E-state index in [0.29, 0.717) is 5.69 Å². The molecule has 19 heavy (non-hydrogen) atoms. The first kappa shape index (κ1) is 14.2. The van der Waals surface area contributed by atoms with Gasteiger partial charge in [-0.05, 0) is 55.6 Å².